The van der Waals surface area contributed by atoms with E-state index in [4.69, 9.17) is 5.11 Å². The summed E-state index contributed by atoms with van der Waals surface area (Å²) in [6.07, 6.45) is 17.0. The molecule has 1 unspecified atom stereocenters. The van der Waals surface area contributed by atoms with Crippen LogP contribution in [0, 0.1) is 17.3 Å². The number of carbonyl (C=O) groups excluding carboxylic acids is 1. The maximum atomic E-state index is 12.3. The van der Waals surface area contributed by atoms with Crippen LogP contribution in [-0.4, -0.2) is 28.1 Å². The highest BCUT2D eigenvalue weighted by atomic mass is 16.4. The third kappa shape index (κ3) is 6.44. The Bertz CT molecular complexity index is 507. The first-order valence-electron chi connectivity index (χ1n) is 11.1. The summed E-state index contributed by atoms with van der Waals surface area (Å²) in [4.78, 5) is 22.8. The Morgan fingerprint density at radius 3 is 2.59 bits per heavy atom. The highest BCUT2D eigenvalue weighted by Crippen LogP contribution is 2.48. The minimum absolute atomic E-state index is 0.0920. The largest absolute Gasteiger partial charge is 0.481 e. The predicted octanol–water partition coefficient (Wildman–Crippen LogP) is 5.28. The van der Waals surface area contributed by atoms with Gasteiger partial charge in [0.2, 0.25) is 0 Å². The lowest BCUT2D eigenvalue weighted by Gasteiger charge is -2.45. The maximum absolute atomic E-state index is 12.3. The lowest BCUT2D eigenvalue weighted by Crippen LogP contribution is -2.40. The fourth-order valence-corrected chi connectivity index (χ4v) is 4.84. The summed E-state index contributed by atoms with van der Waals surface area (Å²) in [6, 6.07) is 0. The van der Waals surface area contributed by atoms with Crippen LogP contribution in [0.1, 0.15) is 96.8 Å². The molecule has 0 bridgehead atoms. The van der Waals surface area contributed by atoms with E-state index in [-0.39, 0.29) is 29.8 Å². The van der Waals surface area contributed by atoms with E-state index in [1.165, 1.54) is 19.3 Å². The van der Waals surface area contributed by atoms with Gasteiger partial charge in [0.15, 0.2) is 0 Å². The van der Waals surface area contributed by atoms with Gasteiger partial charge in [0, 0.05) is 18.8 Å². The Balaban J connectivity index is 1.78. The van der Waals surface area contributed by atoms with Crippen LogP contribution in [0.5, 0.6) is 0 Å². The van der Waals surface area contributed by atoms with Crippen LogP contribution in [0.4, 0.5) is 0 Å². The van der Waals surface area contributed by atoms with Crippen LogP contribution in [0.3, 0.4) is 0 Å². The van der Waals surface area contributed by atoms with Crippen molar-refractivity contribution in [2.75, 3.05) is 0 Å². The lowest BCUT2D eigenvalue weighted by molar-refractivity contribution is -0.137. The van der Waals surface area contributed by atoms with Crippen molar-refractivity contribution < 1.29 is 19.8 Å². The molecule has 0 aromatic heterocycles. The molecule has 3 atom stereocenters. The molecule has 0 saturated heterocycles. The molecule has 27 heavy (non-hydrogen) atoms. The lowest BCUT2D eigenvalue weighted by atomic mass is 9.62. The Morgan fingerprint density at radius 1 is 1.22 bits per heavy atom. The van der Waals surface area contributed by atoms with Gasteiger partial charge in [0.05, 0.1) is 6.10 Å². The second kappa shape index (κ2) is 11.0. The van der Waals surface area contributed by atoms with Gasteiger partial charge in [-0.1, -0.05) is 57.6 Å². The summed E-state index contributed by atoms with van der Waals surface area (Å²) in [5, 5.41) is 19.4. The maximum Gasteiger partial charge on any atom is 0.303 e. The number of ketones is 1. The second-order valence-corrected chi connectivity index (χ2v) is 8.77. The summed E-state index contributed by atoms with van der Waals surface area (Å²) in [5.41, 5.74) is 0.0920. The molecule has 2 aliphatic carbocycles. The molecule has 0 spiro atoms. The minimum Gasteiger partial charge on any atom is -0.481 e. The van der Waals surface area contributed by atoms with E-state index in [1.807, 2.05) is 6.08 Å². The van der Waals surface area contributed by atoms with Gasteiger partial charge in [-0.15, -0.1) is 0 Å². The molecule has 0 aromatic carbocycles. The van der Waals surface area contributed by atoms with E-state index in [9.17, 15) is 14.7 Å². The number of carboxylic acids is 1. The van der Waals surface area contributed by atoms with E-state index in [2.05, 4.69) is 13.0 Å². The number of aliphatic hydroxyl groups excluding tert-OH is 1. The van der Waals surface area contributed by atoms with Crippen molar-refractivity contribution in [2.24, 2.45) is 17.3 Å². The second-order valence-electron chi connectivity index (χ2n) is 8.77. The molecule has 0 aromatic rings. The highest BCUT2D eigenvalue weighted by molar-refractivity contribution is 5.83. The van der Waals surface area contributed by atoms with E-state index >= 15 is 0 Å². The van der Waals surface area contributed by atoms with Crippen molar-refractivity contribution in [1.82, 2.24) is 0 Å². The number of rotatable bonds is 13. The number of allylic oxidation sites excluding steroid dienone is 1. The minimum atomic E-state index is -0.729. The number of hydrogen-bond acceptors (Lipinski definition) is 3. The molecule has 0 radical (unpaired) electrons. The number of hydrogen-bond donors (Lipinski definition) is 2. The number of carbonyl (C=O) groups is 2. The summed E-state index contributed by atoms with van der Waals surface area (Å²) >= 11 is 0. The molecule has 2 fully saturated rings. The van der Waals surface area contributed by atoms with Crippen LogP contribution in [0.2, 0.25) is 0 Å². The molecule has 2 N–H and O–H groups in total. The summed E-state index contributed by atoms with van der Waals surface area (Å²) in [7, 11) is 0. The molecular formula is C23H38O4. The van der Waals surface area contributed by atoms with Crippen LogP contribution >= 0.6 is 0 Å². The molecule has 154 valence electrons. The average Bonchev–Trinajstić information content (AvgIpc) is 2.95. The first-order valence-corrected chi connectivity index (χ1v) is 11.1. The zero-order valence-electron chi connectivity index (χ0n) is 17.0. The zero-order valence-corrected chi connectivity index (χ0v) is 17.0. The standard InChI is InChI=1S/C23H38O4/c1-2-3-15-23(16-8-17-23)21(25)14-12-18-11-13-20(24)19(18)9-6-4-5-7-10-22(26)27/h12,14,18-19,21,25H,2-11,13,15-17H2,1H3,(H,26,27)/b14-12+/t18?,19-,21-/m1/s1. The van der Waals surface area contributed by atoms with Crippen molar-refractivity contribution in [3.8, 4) is 0 Å². The van der Waals surface area contributed by atoms with E-state index in [0.29, 0.717) is 12.2 Å². The van der Waals surface area contributed by atoms with Gasteiger partial charge in [0.25, 0.3) is 0 Å². The quantitative estimate of drug-likeness (QED) is 0.337. The third-order valence-electron chi connectivity index (χ3n) is 6.86. The Kier molecular flexibility index (Phi) is 9.01. The topological polar surface area (TPSA) is 74.6 Å². The summed E-state index contributed by atoms with van der Waals surface area (Å²) in [5.74, 6) is 0.0114. The van der Waals surface area contributed by atoms with E-state index in [0.717, 1.165) is 57.8 Å². The molecule has 0 aliphatic heterocycles. The number of Topliss-reactive ketones (excluding diaryl/α,β-unsaturated/α-hetero) is 1. The van der Waals surface area contributed by atoms with Gasteiger partial charge in [0.1, 0.15) is 5.78 Å². The smallest absolute Gasteiger partial charge is 0.303 e. The third-order valence-corrected chi connectivity index (χ3v) is 6.86. The SMILES string of the molecule is CCCCC1([C@H](O)/C=C/C2CCC(=O)[C@@H]2CCCCCCC(=O)O)CCC1. The fraction of sp³-hybridized carbons (Fsp3) is 0.826. The zero-order chi connectivity index (χ0) is 19.7. The molecular weight excluding hydrogens is 340 g/mol. The first kappa shape index (κ1) is 22.1. The van der Waals surface area contributed by atoms with Crippen LogP contribution in [0.25, 0.3) is 0 Å². The van der Waals surface area contributed by atoms with E-state index in [1.54, 1.807) is 0 Å². The molecule has 2 rings (SSSR count). The fourth-order valence-electron chi connectivity index (χ4n) is 4.84. The molecule has 4 nitrogen and oxygen atoms in total. The van der Waals surface area contributed by atoms with Gasteiger partial charge in [-0.25, -0.2) is 0 Å². The van der Waals surface area contributed by atoms with E-state index < -0.39 is 5.97 Å². The van der Waals surface area contributed by atoms with Crippen molar-refractivity contribution in [3.63, 3.8) is 0 Å². The summed E-state index contributed by atoms with van der Waals surface area (Å²) in [6.45, 7) is 2.20. The van der Waals surface area contributed by atoms with Gasteiger partial charge < -0.3 is 10.2 Å². The Morgan fingerprint density at radius 2 is 1.96 bits per heavy atom. The van der Waals surface area contributed by atoms with Crippen molar-refractivity contribution in [2.45, 2.75) is 103 Å². The molecule has 2 aliphatic rings. The molecule has 0 amide bonds. The number of carboxylic acid groups (broad SMARTS) is 1. The van der Waals surface area contributed by atoms with Gasteiger partial charge >= 0.3 is 5.97 Å². The average molecular weight is 379 g/mol. The van der Waals surface area contributed by atoms with Gasteiger partial charge in [-0.2, -0.15) is 0 Å². The van der Waals surface area contributed by atoms with Crippen LogP contribution in [0.15, 0.2) is 12.2 Å². The number of aliphatic hydroxyl groups is 1. The summed E-state index contributed by atoms with van der Waals surface area (Å²) < 4.78 is 0. The van der Waals surface area contributed by atoms with Gasteiger partial charge in [-0.3, -0.25) is 9.59 Å². The number of unbranched alkanes of at least 4 members (excludes halogenated alkanes) is 4. The number of aliphatic carboxylic acids is 1. The monoisotopic (exact) mass is 378 g/mol. The van der Waals surface area contributed by atoms with Gasteiger partial charge in [-0.05, 0) is 49.9 Å². The Labute approximate surface area is 164 Å². The molecule has 0 heterocycles. The Hall–Kier alpha value is -1.16. The molecule has 2 saturated carbocycles. The van der Waals surface area contributed by atoms with Crippen molar-refractivity contribution in [1.29, 1.82) is 0 Å². The molecule has 4 heteroatoms. The predicted molar refractivity (Wildman–Crippen MR) is 108 cm³/mol. The van der Waals surface area contributed by atoms with Crippen LogP contribution in [-0.2, 0) is 9.59 Å². The highest BCUT2D eigenvalue weighted by Gasteiger charge is 2.42. The van der Waals surface area contributed by atoms with Crippen molar-refractivity contribution >= 4 is 11.8 Å². The first-order chi connectivity index (χ1) is 13.0. The van der Waals surface area contributed by atoms with Crippen molar-refractivity contribution in [3.05, 3.63) is 12.2 Å². The van der Waals surface area contributed by atoms with Crippen LogP contribution < -0.4 is 0 Å². The normalized spacial score (nSPS) is 25.6.